The highest BCUT2D eigenvalue weighted by Crippen LogP contribution is 2.23. The monoisotopic (exact) mass is 379 g/mol. The van der Waals surface area contributed by atoms with Crippen LogP contribution in [-0.2, 0) is 0 Å². The summed E-state index contributed by atoms with van der Waals surface area (Å²) in [5, 5.41) is 7.80. The maximum absolute atomic E-state index is 6.11. The Kier molecular flexibility index (Phi) is 9.06. The Morgan fingerprint density at radius 3 is 2.81 bits per heavy atom. The van der Waals surface area contributed by atoms with Gasteiger partial charge in [0.05, 0.1) is 0 Å². The number of anilines is 1. The Bertz CT molecular complexity index is 559. The average molecular weight is 380 g/mol. The van der Waals surface area contributed by atoms with Crippen LogP contribution in [0.2, 0.25) is 5.02 Å². The van der Waals surface area contributed by atoms with E-state index in [1.54, 1.807) is 0 Å². The van der Waals surface area contributed by atoms with Crippen molar-refractivity contribution in [2.45, 2.75) is 39.2 Å². The second-order valence-electron chi connectivity index (χ2n) is 6.79. The lowest BCUT2D eigenvalue weighted by molar-refractivity contribution is 0.297. The van der Waals surface area contributed by atoms with Gasteiger partial charge in [0.25, 0.3) is 0 Å². The summed E-state index contributed by atoms with van der Waals surface area (Å²) in [5.74, 6) is 0.908. The third kappa shape index (κ3) is 6.69. The molecule has 2 N–H and O–H groups in total. The number of halogens is 1. The van der Waals surface area contributed by atoms with Gasteiger partial charge in [0.1, 0.15) is 0 Å². The number of benzene rings is 1. The SMILES string of the molecule is CCN(CC)CCCCNC(=NC)NC1CCN(c2cccc(Cl)c2)C1. The molecule has 146 valence electrons. The summed E-state index contributed by atoms with van der Waals surface area (Å²) in [6, 6.07) is 8.50. The van der Waals surface area contributed by atoms with E-state index in [2.05, 4.69) is 45.3 Å². The van der Waals surface area contributed by atoms with Crippen LogP contribution in [0.15, 0.2) is 29.3 Å². The molecule has 1 aromatic carbocycles. The lowest BCUT2D eigenvalue weighted by Crippen LogP contribution is -2.45. The van der Waals surface area contributed by atoms with Gasteiger partial charge in [-0.3, -0.25) is 4.99 Å². The van der Waals surface area contributed by atoms with Crippen molar-refractivity contribution >= 4 is 23.2 Å². The number of hydrogen-bond acceptors (Lipinski definition) is 3. The maximum atomic E-state index is 6.11. The minimum Gasteiger partial charge on any atom is -0.369 e. The van der Waals surface area contributed by atoms with Gasteiger partial charge in [-0.25, -0.2) is 0 Å². The molecule has 26 heavy (non-hydrogen) atoms. The molecule has 6 heteroatoms. The molecule has 0 bridgehead atoms. The molecule has 1 aliphatic heterocycles. The van der Waals surface area contributed by atoms with Crippen molar-refractivity contribution in [3.8, 4) is 0 Å². The van der Waals surface area contributed by atoms with E-state index in [0.29, 0.717) is 6.04 Å². The molecular weight excluding hydrogens is 346 g/mol. The van der Waals surface area contributed by atoms with Crippen LogP contribution in [0, 0.1) is 0 Å². The third-order valence-electron chi connectivity index (χ3n) is 5.01. The molecular formula is C20H34ClN5. The van der Waals surface area contributed by atoms with Crippen LogP contribution in [0.5, 0.6) is 0 Å². The lowest BCUT2D eigenvalue weighted by atomic mass is 10.2. The quantitative estimate of drug-likeness (QED) is 0.393. The van der Waals surface area contributed by atoms with Gasteiger partial charge in [0.15, 0.2) is 5.96 Å². The summed E-state index contributed by atoms with van der Waals surface area (Å²) in [5.41, 5.74) is 1.20. The Balaban J connectivity index is 1.68. The van der Waals surface area contributed by atoms with Crippen molar-refractivity contribution in [1.82, 2.24) is 15.5 Å². The van der Waals surface area contributed by atoms with Crippen LogP contribution in [0.1, 0.15) is 33.1 Å². The minimum atomic E-state index is 0.413. The van der Waals surface area contributed by atoms with Gasteiger partial charge in [-0.2, -0.15) is 0 Å². The molecule has 1 fully saturated rings. The van der Waals surface area contributed by atoms with Gasteiger partial charge >= 0.3 is 0 Å². The number of unbranched alkanes of at least 4 members (excludes halogenated alkanes) is 1. The summed E-state index contributed by atoms with van der Waals surface area (Å²) in [4.78, 5) is 9.22. The molecule has 0 saturated carbocycles. The first-order chi connectivity index (χ1) is 12.7. The van der Waals surface area contributed by atoms with Gasteiger partial charge in [0, 0.05) is 43.4 Å². The normalized spacial score (nSPS) is 17.8. The molecule has 1 saturated heterocycles. The number of nitrogens with one attached hydrogen (secondary N) is 2. The van der Waals surface area contributed by atoms with Crippen molar-refractivity contribution in [3.63, 3.8) is 0 Å². The van der Waals surface area contributed by atoms with E-state index < -0.39 is 0 Å². The average Bonchev–Trinajstić information content (AvgIpc) is 3.12. The minimum absolute atomic E-state index is 0.413. The lowest BCUT2D eigenvalue weighted by Gasteiger charge is -2.21. The van der Waals surface area contributed by atoms with Crippen LogP contribution in [0.3, 0.4) is 0 Å². The number of rotatable bonds is 9. The predicted molar refractivity (Wildman–Crippen MR) is 114 cm³/mol. The summed E-state index contributed by atoms with van der Waals surface area (Å²) in [6.07, 6.45) is 3.49. The molecule has 0 spiro atoms. The fourth-order valence-corrected chi connectivity index (χ4v) is 3.56. The van der Waals surface area contributed by atoms with Crippen LogP contribution >= 0.6 is 11.6 Å². The highest BCUT2D eigenvalue weighted by molar-refractivity contribution is 6.30. The molecule has 1 heterocycles. The summed E-state index contributed by atoms with van der Waals surface area (Å²) in [7, 11) is 1.84. The van der Waals surface area contributed by atoms with Gasteiger partial charge < -0.3 is 20.4 Å². The van der Waals surface area contributed by atoms with E-state index in [-0.39, 0.29) is 0 Å². The fraction of sp³-hybridized carbons (Fsp3) is 0.650. The van der Waals surface area contributed by atoms with E-state index in [0.717, 1.165) is 56.5 Å². The molecule has 1 unspecified atom stereocenters. The summed E-state index contributed by atoms with van der Waals surface area (Å²) >= 11 is 6.11. The van der Waals surface area contributed by atoms with E-state index in [1.165, 1.54) is 18.7 Å². The second kappa shape index (κ2) is 11.3. The van der Waals surface area contributed by atoms with Crippen LogP contribution in [0.25, 0.3) is 0 Å². The number of aliphatic imine (C=N–C) groups is 1. The van der Waals surface area contributed by atoms with Crippen LogP contribution in [-0.4, -0.2) is 63.2 Å². The number of hydrogen-bond donors (Lipinski definition) is 2. The molecule has 1 atom stereocenters. The topological polar surface area (TPSA) is 42.9 Å². The molecule has 1 aliphatic rings. The molecule has 0 aromatic heterocycles. The molecule has 1 aromatic rings. The van der Waals surface area contributed by atoms with Crippen molar-refractivity contribution in [2.75, 3.05) is 51.2 Å². The van der Waals surface area contributed by atoms with Gasteiger partial charge in [-0.15, -0.1) is 0 Å². The van der Waals surface area contributed by atoms with E-state index in [9.17, 15) is 0 Å². The van der Waals surface area contributed by atoms with E-state index in [1.807, 2.05) is 25.2 Å². The van der Waals surface area contributed by atoms with Gasteiger partial charge in [-0.1, -0.05) is 31.5 Å². The molecule has 0 radical (unpaired) electrons. The molecule has 5 nitrogen and oxygen atoms in total. The highest BCUT2D eigenvalue weighted by Gasteiger charge is 2.23. The molecule has 0 aliphatic carbocycles. The van der Waals surface area contributed by atoms with Crippen molar-refractivity contribution in [1.29, 1.82) is 0 Å². The largest absolute Gasteiger partial charge is 0.369 e. The zero-order valence-corrected chi connectivity index (χ0v) is 17.2. The number of nitrogens with zero attached hydrogens (tertiary/aromatic N) is 3. The standard InChI is InChI=1S/C20H34ClN5/c1-4-25(5-2)13-7-6-12-23-20(22-3)24-18-11-14-26(16-18)19-10-8-9-17(21)15-19/h8-10,15,18H,4-7,11-14,16H2,1-3H3,(H2,22,23,24). The van der Waals surface area contributed by atoms with Gasteiger partial charge in [0.2, 0.25) is 0 Å². The fourth-order valence-electron chi connectivity index (χ4n) is 3.38. The Hall–Kier alpha value is -1.46. The Morgan fingerprint density at radius 2 is 2.12 bits per heavy atom. The second-order valence-corrected chi connectivity index (χ2v) is 7.23. The van der Waals surface area contributed by atoms with Crippen LogP contribution < -0.4 is 15.5 Å². The first-order valence-electron chi connectivity index (χ1n) is 9.86. The Morgan fingerprint density at radius 1 is 1.31 bits per heavy atom. The van der Waals surface area contributed by atoms with Crippen molar-refractivity contribution < 1.29 is 0 Å². The highest BCUT2D eigenvalue weighted by atomic mass is 35.5. The predicted octanol–water partition coefficient (Wildman–Crippen LogP) is 3.21. The maximum Gasteiger partial charge on any atom is 0.191 e. The van der Waals surface area contributed by atoms with Gasteiger partial charge in [-0.05, 0) is 57.1 Å². The molecule has 2 rings (SSSR count). The number of guanidine groups is 1. The zero-order valence-electron chi connectivity index (χ0n) is 16.5. The van der Waals surface area contributed by atoms with E-state index in [4.69, 9.17) is 11.6 Å². The first-order valence-corrected chi connectivity index (χ1v) is 10.2. The van der Waals surface area contributed by atoms with E-state index >= 15 is 0 Å². The first kappa shape index (κ1) is 20.8. The molecule has 0 amide bonds. The zero-order chi connectivity index (χ0) is 18.8. The Labute approximate surface area is 163 Å². The van der Waals surface area contributed by atoms with Crippen molar-refractivity contribution in [2.24, 2.45) is 4.99 Å². The summed E-state index contributed by atoms with van der Waals surface area (Å²) in [6.45, 7) is 10.9. The smallest absolute Gasteiger partial charge is 0.191 e. The van der Waals surface area contributed by atoms with Crippen LogP contribution in [0.4, 0.5) is 5.69 Å². The van der Waals surface area contributed by atoms with Crippen molar-refractivity contribution in [3.05, 3.63) is 29.3 Å². The summed E-state index contributed by atoms with van der Waals surface area (Å²) < 4.78 is 0. The third-order valence-corrected chi connectivity index (χ3v) is 5.25.